The summed E-state index contributed by atoms with van der Waals surface area (Å²) in [5.74, 6) is 4.94. The molecule has 0 N–H and O–H groups in total. The summed E-state index contributed by atoms with van der Waals surface area (Å²) in [7, 11) is 16.4. The van der Waals surface area contributed by atoms with Crippen molar-refractivity contribution in [2.45, 2.75) is 0 Å². The molecular weight excluding hydrogens is 1020 g/mol. The molecule has 18 heteroatoms. The molecule has 0 saturated heterocycles. The first kappa shape index (κ1) is 58.3. The molecule has 0 saturated carbocycles. The van der Waals surface area contributed by atoms with Gasteiger partial charge in [-0.25, -0.2) is 13.7 Å². The van der Waals surface area contributed by atoms with Gasteiger partial charge in [-0.05, 0) is 43.0 Å². The van der Waals surface area contributed by atoms with Gasteiger partial charge in [-0.15, -0.1) is 0 Å². The summed E-state index contributed by atoms with van der Waals surface area (Å²) in [4.78, 5) is 0. The van der Waals surface area contributed by atoms with Gasteiger partial charge in [0.2, 0.25) is 0 Å². The van der Waals surface area contributed by atoms with Crippen LogP contribution in [0.1, 0.15) is 0 Å². The molecule has 0 unspecified atom stereocenters. The van der Waals surface area contributed by atoms with E-state index >= 15 is 0 Å². The number of hydrogen-bond donors (Lipinski definition) is 0. The Bertz CT molecular complexity index is 1760. The van der Waals surface area contributed by atoms with Crippen LogP contribution in [0.5, 0.6) is 34.9 Å². The largest absolute Gasteiger partial charge is 1.00 e. The standard InChI is InChI=1S/C12H13BrN2O.2C12H14N2O.ClI.6ClH/c1-14-8-5-10(6-9-14)16-12-11(13)4-3-7-15(12)2;2*1-13-9-6-11(7-10-13)15-12-5-3-4-8-14(12)2;1-2;;;;;;/h3-9H,1-2H3;2*3-10H,1-2H3;;6*1H/q3*+2;;;;;;;/p-6. The quantitative estimate of drug-likeness (QED) is 0.123. The van der Waals surface area contributed by atoms with Gasteiger partial charge in [0.05, 0.1) is 12.1 Å². The number of aryl methyl sites for hydroxylation is 6. The summed E-state index contributed by atoms with van der Waals surface area (Å²) in [5, 5.41) is 0. The lowest BCUT2D eigenvalue weighted by atomic mass is 10.4. The van der Waals surface area contributed by atoms with E-state index in [-0.39, 0.29) is 74.4 Å². The molecule has 0 radical (unpaired) electrons. The average molecular weight is 1060 g/mol. The predicted molar refractivity (Wildman–Crippen MR) is 194 cm³/mol. The van der Waals surface area contributed by atoms with Crippen LogP contribution in [0.25, 0.3) is 0 Å². The fourth-order valence-electron chi connectivity index (χ4n) is 3.93. The van der Waals surface area contributed by atoms with Gasteiger partial charge in [0.25, 0.3) is 0 Å². The lowest BCUT2D eigenvalue weighted by Gasteiger charge is -2.03. The minimum absolute atomic E-state index is 0. The Hall–Kier alpha value is -2.46. The van der Waals surface area contributed by atoms with Gasteiger partial charge in [-0.1, -0.05) is 0 Å². The molecule has 0 bridgehead atoms. The number of aromatic nitrogens is 6. The monoisotopic (exact) mass is 1060 g/mol. The van der Waals surface area contributed by atoms with E-state index < -0.39 is 0 Å². The molecule has 0 aliphatic carbocycles. The number of hydrogen-bond acceptors (Lipinski definition) is 3. The molecule has 54 heavy (non-hydrogen) atoms. The normalized spacial score (nSPS) is 8.69. The first-order chi connectivity index (χ1) is 23.2. The minimum atomic E-state index is 0. The van der Waals surface area contributed by atoms with E-state index in [1.165, 1.54) is 0 Å². The van der Waals surface area contributed by atoms with Gasteiger partial charge >= 0.3 is 17.6 Å². The van der Waals surface area contributed by atoms with Crippen LogP contribution in [0.4, 0.5) is 0 Å². The SMILES string of the molecule is C[n+]1ccc(Oc2c(Br)ccc[n+]2C)cc1.C[n+]1ccc(Oc2cccc[n+]2C)cc1.C[n+]1ccc(Oc2cccc[n+]2C)cc1.ClI.[Cl-].[Cl-].[Cl-].[Cl-].[Cl-].[Cl-]. The summed E-state index contributed by atoms with van der Waals surface area (Å²) >= 11 is 5.09. The molecule has 0 spiro atoms. The molecule has 0 amide bonds. The maximum atomic E-state index is 5.80. The number of ether oxygens (including phenoxy) is 3. The van der Waals surface area contributed by atoms with Crippen molar-refractivity contribution in [3.63, 3.8) is 0 Å². The van der Waals surface area contributed by atoms with Gasteiger partial charge in [-0.2, -0.15) is 13.7 Å². The van der Waals surface area contributed by atoms with Crippen LogP contribution in [-0.2, 0) is 42.3 Å². The Morgan fingerprint density at radius 1 is 0.407 bits per heavy atom. The third-order valence-electron chi connectivity index (χ3n) is 6.59. The second-order valence-electron chi connectivity index (χ2n) is 10.5. The molecule has 0 fully saturated rings. The van der Waals surface area contributed by atoms with Crippen molar-refractivity contribution in [2.75, 3.05) is 0 Å². The van der Waals surface area contributed by atoms with Crippen LogP contribution < -0.4 is 116 Å². The second-order valence-corrected chi connectivity index (χ2v) is 11.3. The zero-order valence-corrected chi connectivity index (χ0v) is 39.1. The summed E-state index contributed by atoms with van der Waals surface area (Å²) in [6.45, 7) is 0. The van der Waals surface area contributed by atoms with Gasteiger partial charge in [0.1, 0.15) is 64.0 Å². The van der Waals surface area contributed by atoms with Crippen molar-refractivity contribution in [3.05, 3.63) is 145 Å². The van der Waals surface area contributed by atoms with Gasteiger partial charge in [-0.3, -0.25) is 0 Å². The molecule has 0 aliphatic rings. The van der Waals surface area contributed by atoms with Gasteiger partial charge in [0.15, 0.2) is 55.8 Å². The lowest BCUT2D eigenvalue weighted by Crippen LogP contribution is -3.00. The number of halogens is 9. The molecule has 0 atom stereocenters. The van der Waals surface area contributed by atoms with E-state index in [0.717, 1.165) is 39.4 Å². The Kier molecular flexibility index (Phi) is 34.2. The molecule has 0 aromatic carbocycles. The lowest BCUT2D eigenvalue weighted by molar-refractivity contribution is -0.677. The Balaban J connectivity index is -0.000000322. The van der Waals surface area contributed by atoms with Crippen molar-refractivity contribution in [3.8, 4) is 34.9 Å². The van der Waals surface area contributed by atoms with Crippen LogP contribution in [0.2, 0.25) is 0 Å². The summed E-state index contributed by atoms with van der Waals surface area (Å²) in [6, 6.07) is 27.3. The van der Waals surface area contributed by atoms with Crippen molar-refractivity contribution >= 4 is 46.3 Å². The summed E-state index contributed by atoms with van der Waals surface area (Å²) in [6.07, 6.45) is 17.6. The van der Waals surface area contributed by atoms with E-state index in [2.05, 4.69) is 24.8 Å². The highest BCUT2D eigenvalue weighted by Gasteiger charge is 2.14. The highest BCUT2D eigenvalue weighted by Crippen LogP contribution is 2.24. The number of nitrogens with zero attached hydrogens (tertiary/aromatic N) is 6. The zero-order valence-electron chi connectivity index (χ0n) is 30.1. The molecule has 6 heterocycles. The smallest absolute Gasteiger partial charge is 0.387 e. The Labute approximate surface area is 381 Å². The fraction of sp³-hybridized carbons (Fsp3) is 0.167. The third-order valence-corrected chi connectivity index (χ3v) is 7.20. The highest BCUT2D eigenvalue weighted by atomic mass is 127. The van der Waals surface area contributed by atoms with Gasteiger partial charge < -0.3 is 88.7 Å². The zero-order chi connectivity index (χ0) is 34.9. The molecule has 6 aromatic heterocycles. The van der Waals surface area contributed by atoms with E-state index in [1.54, 1.807) is 21.5 Å². The van der Waals surface area contributed by atoms with Crippen molar-refractivity contribution in [2.24, 2.45) is 42.3 Å². The van der Waals surface area contributed by atoms with Crippen LogP contribution in [0.15, 0.2) is 145 Å². The first-order valence-corrected chi connectivity index (χ1v) is 18.3. The molecule has 6 aromatic rings. The molecule has 0 aliphatic heterocycles. The van der Waals surface area contributed by atoms with Crippen LogP contribution >= 0.6 is 46.3 Å². The second kappa shape index (κ2) is 31.7. The highest BCUT2D eigenvalue weighted by molar-refractivity contribution is 14.1. The topological polar surface area (TPSA) is 51.0 Å². The number of rotatable bonds is 6. The van der Waals surface area contributed by atoms with Gasteiger partial charge in [0, 0.05) is 76.1 Å². The predicted octanol–water partition coefficient (Wildman–Crippen LogP) is -12.3. The Morgan fingerprint density at radius 2 is 0.722 bits per heavy atom. The summed E-state index contributed by atoms with van der Waals surface area (Å²) in [5.41, 5.74) is 0. The van der Waals surface area contributed by atoms with E-state index in [0.29, 0.717) is 0 Å². The molecule has 6 rings (SSSR count). The van der Waals surface area contributed by atoms with Crippen molar-refractivity contribution < 1.29 is 116 Å². The van der Waals surface area contributed by atoms with E-state index in [9.17, 15) is 0 Å². The molecule has 296 valence electrons. The average Bonchev–Trinajstić information content (AvgIpc) is 3.09. The van der Waals surface area contributed by atoms with E-state index in [4.69, 9.17) is 14.2 Å². The van der Waals surface area contributed by atoms with E-state index in [1.807, 2.05) is 210 Å². The van der Waals surface area contributed by atoms with Crippen molar-refractivity contribution in [1.29, 1.82) is 0 Å². The maximum absolute atomic E-state index is 5.80. The van der Waals surface area contributed by atoms with Crippen LogP contribution in [-0.4, -0.2) is 0 Å². The fourth-order valence-corrected chi connectivity index (χ4v) is 4.44. The Morgan fingerprint density at radius 3 is 1.04 bits per heavy atom. The minimum Gasteiger partial charge on any atom is -1.00 e. The number of pyridine rings is 6. The summed E-state index contributed by atoms with van der Waals surface area (Å²) < 4.78 is 29.9. The van der Waals surface area contributed by atoms with Crippen LogP contribution in [0.3, 0.4) is 0 Å². The van der Waals surface area contributed by atoms with Crippen molar-refractivity contribution in [1.82, 2.24) is 0 Å². The third kappa shape index (κ3) is 20.5. The molecular formula is C36H41BrCl7IN6O3. The first-order valence-electron chi connectivity index (χ1n) is 14.7. The van der Waals surface area contributed by atoms with Crippen LogP contribution in [0, 0.1) is 0 Å². The molecule has 9 nitrogen and oxygen atoms in total. The maximum Gasteiger partial charge on any atom is 0.387 e.